The fourth-order valence-electron chi connectivity index (χ4n) is 5.79. The van der Waals surface area contributed by atoms with Crippen LogP contribution in [0.2, 0.25) is 0 Å². The van der Waals surface area contributed by atoms with Crippen molar-refractivity contribution >= 4 is 0 Å². The zero-order valence-electron chi connectivity index (χ0n) is 16.8. The Balaban J connectivity index is 1.64. The number of fused-ring (bicyclic) bond motifs is 1. The zero-order chi connectivity index (χ0) is 17.9. The van der Waals surface area contributed by atoms with Crippen LogP contribution in [0.4, 0.5) is 0 Å². The van der Waals surface area contributed by atoms with Gasteiger partial charge in [-0.15, -0.1) is 0 Å². The van der Waals surface area contributed by atoms with Gasteiger partial charge in [0.15, 0.2) is 0 Å². The van der Waals surface area contributed by atoms with Crippen molar-refractivity contribution in [1.82, 2.24) is 0 Å². The molecule has 2 saturated carbocycles. The predicted molar refractivity (Wildman–Crippen MR) is 110 cm³/mol. The Morgan fingerprint density at radius 1 is 1.08 bits per heavy atom. The first-order valence-electron chi connectivity index (χ1n) is 10.7. The van der Waals surface area contributed by atoms with Gasteiger partial charge < -0.3 is 0 Å². The molecule has 2 fully saturated rings. The molecule has 0 aliphatic heterocycles. The topological polar surface area (TPSA) is 0 Å². The lowest BCUT2D eigenvalue weighted by molar-refractivity contribution is 0.108. The van der Waals surface area contributed by atoms with Crippen molar-refractivity contribution in [3.05, 3.63) is 48.0 Å². The van der Waals surface area contributed by atoms with E-state index in [9.17, 15) is 0 Å². The molecule has 0 bridgehead atoms. The number of allylic oxidation sites excluding steroid dienone is 1. The van der Waals surface area contributed by atoms with Gasteiger partial charge in [0.05, 0.1) is 0 Å². The number of hydrogen-bond donors (Lipinski definition) is 0. The Bertz CT molecular complexity index is 553. The SMILES string of the molecule is C=C(CCc1ccccc1)CC1CC(C)(C)CCC2C(C)CCCC12. The van der Waals surface area contributed by atoms with Crippen molar-refractivity contribution in [3.63, 3.8) is 0 Å². The van der Waals surface area contributed by atoms with E-state index in [1.807, 2.05) is 0 Å². The summed E-state index contributed by atoms with van der Waals surface area (Å²) in [7, 11) is 0. The van der Waals surface area contributed by atoms with Crippen LogP contribution in [0.1, 0.15) is 77.7 Å². The van der Waals surface area contributed by atoms with E-state index in [1.54, 1.807) is 0 Å². The second-order valence-electron chi connectivity index (χ2n) is 9.84. The summed E-state index contributed by atoms with van der Waals surface area (Å²) in [5.41, 5.74) is 3.46. The lowest BCUT2D eigenvalue weighted by Crippen LogP contribution is -2.31. The average Bonchev–Trinajstić information content (AvgIpc) is 2.71. The summed E-state index contributed by atoms with van der Waals surface area (Å²) >= 11 is 0. The largest absolute Gasteiger partial charge is 0.0998 e. The fraction of sp³-hybridized carbons (Fsp3) is 0.680. The Labute approximate surface area is 156 Å². The molecule has 0 N–H and O–H groups in total. The van der Waals surface area contributed by atoms with E-state index in [4.69, 9.17) is 0 Å². The van der Waals surface area contributed by atoms with Crippen LogP contribution in [0.5, 0.6) is 0 Å². The molecule has 138 valence electrons. The molecule has 4 atom stereocenters. The highest BCUT2D eigenvalue weighted by atomic mass is 14.5. The molecule has 0 nitrogen and oxygen atoms in total. The van der Waals surface area contributed by atoms with Gasteiger partial charge in [-0.3, -0.25) is 0 Å². The van der Waals surface area contributed by atoms with Crippen LogP contribution in [-0.2, 0) is 6.42 Å². The maximum absolute atomic E-state index is 4.50. The molecule has 2 aliphatic carbocycles. The van der Waals surface area contributed by atoms with Gasteiger partial charge in [0.25, 0.3) is 0 Å². The van der Waals surface area contributed by atoms with Crippen LogP contribution in [0.25, 0.3) is 0 Å². The molecule has 25 heavy (non-hydrogen) atoms. The molecule has 1 aromatic carbocycles. The molecule has 4 unspecified atom stereocenters. The number of benzene rings is 1. The first-order valence-corrected chi connectivity index (χ1v) is 10.7. The van der Waals surface area contributed by atoms with E-state index in [2.05, 4.69) is 57.7 Å². The van der Waals surface area contributed by atoms with Gasteiger partial charge in [-0.2, -0.15) is 0 Å². The van der Waals surface area contributed by atoms with E-state index >= 15 is 0 Å². The molecular formula is C25H38. The first-order chi connectivity index (χ1) is 11.9. The lowest BCUT2D eigenvalue weighted by atomic mass is 9.65. The molecular weight excluding hydrogens is 300 g/mol. The maximum atomic E-state index is 4.50. The predicted octanol–water partition coefficient (Wildman–Crippen LogP) is 7.44. The van der Waals surface area contributed by atoms with Crippen LogP contribution in [-0.4, -0.2) is 0 Å². The summed E-state index contributed by atoms with van der Waals surface area (Å²) in [5.74, 6) is 3.74. The molecule has 1 aromatic rings. The average molecular weight is 339 g/mol. The molecule has 0 aromatic heterocycles. The van der Waals surface area contributed by atoms with Gasteiger partial charge >= 0.3 is 0 Å². The Kier molecular flexibility index (Phi) is 6.08. The summed E-state index contributed by atoms with van der Waals surface area (Å²) in [4.78, 5) is 0. The molecule has 2 aliphatic rings. The minimum atomic E-state index is 0.515. The maximum Gasteiger partial charge on any atom is -0.0242 e. The summed E-state index contributed by atoms with van der Waals surface area (Å²) < 4.78 is 0. The monoisotopic (exact) mass is 338 g/mol. The van der Waals surface area contributed by atoms with Crippen molar-refractivity contribution in [3.8, 4) is 0 Å². The quantitative estimate of drug-likeness (QED) is 0.489. The third-order valence-corrected chi connectivity index (χ3v) is 7.21. The third-order valence-electron chi connectivity index (χ3n) is 7.21. The van der Waals surface area contributed by atoms with Crippen LogP contribution in [0, 0.1) is 29.1 Å². The zero-order valence-corrected chi connectivity index (χ0v) is 16.8. The summed E-state index contributed by atoms with van der Waals surface area (Å²) in [6, 6.07) is 10.9. The van der Waals surface area contributed by atoms with Gasteiger partial charge in [0.2, 0.25) is 0 Å². The smallest absolute Gasteiger partial charge is 0.0242 e. The summed E-state index contributed by atoms with van der Waals surface area (Å²) in [5, 5.41) is 0. The van der Waals surface area contributed by atoms with Crippen LogP contribution in [0.15, 0.2) is 42.5 Å². The van der Waals surface area contributed by atoms with Gasteiger partial charge in [0, 0.05) is 0 Å². The van der Waals surface area contributed by atoms with Crippen LogP contribution < -0.4 is 0 Å². The second-order valence-corrected chi connectivity index (χ2v) is 9.84. The fourth-order valence-corrected chi connectivity index (χ4v) is 5.79. The number of rotatable bonds is 5. The highest BCUT2D eigenvalue weighted by molar-refractivity contribution is 5.16. The van der Waals surface area contributed by atoms with Crippen LogP contribution in [0.3, 0.4) is 0 Å². The minimum absolute atomic E-state index is 0.515. The number of hydrogen-bond acceptors (Lipinski definition) is 0. The van der Waals surface area contributed by atoms with Crippen molar-refractivity contribution in [2.45, 2.75) is 78.6 Å². The molecule has 0 spiro atoms. The standard InChI is InChI=1S/C25H38/c1-19(13-14-21-10-6-5-7-11-21)17-22-18-25(3,4)16-15-23-20(2)9-8-12-24(22)23/h5-7,10-11,20,22-24H,1,8-9,12-18H2,2-4H3. The van der Waals surface area contributed by atoms with Crippen molar-refractivity contribution < 1.29 is 0 Å². The molecule has 0 radical (unpaired) electrons. The molecule has 3 rings (SSSR count). The molecule has 0 heterocycles. The highest BCUT2D eigenvalue weighted by Crippen LogP contribution is 2.51. The summed E-state index contributed by atoms with van der Waals surface area (Å²) in [6.45, 7) is 12.0. The third kappa shape index (κ3) is 4.99. The molecule has 0 amide bonds. The minimum Gasteiger partial charge on any atom is -0.0998 e. The van der Waals surface area contributed by atoms with E-state index in [-0.39, 0.29) is 0 Å². The lowest BCUT2D eigenvalue weighted by Gasteiger charge is -2.40. The van der Waals surface area contributed by atoms with E-state index in [1.165, 1.54) is 56.1 Å². The van der Waals surface area contributed by atoms with E-state index in [0.717, 1.165) is 36.5 Å². The van der Waals surface area contributed by atoms with Crippen LogP contribution >= 0.6 is 0 Å². The molecule has 0 saturated heterocycles. The highest BCUT2D eigenvalue weighted by Gasteiger charge is 2.41. The van der Waals surface area contributed by atoms with Gasteiger partial charge in [-0.05, 0) is 79.6 Å². The normalized spacial score (nSPS) is 31.8. The Morgan fingerprint density at radius 3 is 2.60 bits per heavy atom. The van der Waals surface area contributed by atoms with Gasteiger partial charge in [-0.1, -0.05) is 76.1 Å². The van der Waals surface area contributed by atoms with E-state index < -0.39 is 0 Å². The van der Waals surface area contributed by atoms with Gasteiger partial charge in [-0.25, -0.2) is 0 Å². The van der Waals surface area contributed by atoms with Gasteiger partial charge in [0.1, 0.15) is 0 Å². The number of aryl methyl sites for hydroxylation is 1. The Morgan fingerprint density at radius 2 is 1.84 bits per heavy atom. The first kappa shape index (κ1) is 18.7. The van der Waals surface area contributed by atoms with E-state index in [0.29, 0.717) is 5.41 Å². The Hall–Kier alpha value is -1.04. The van der Waals surface area contributed by atoms with Crippen molar-refractivity contribution in [1.29, 1.82) is 0 Å². The van der Waals surface area contributed by atoms with Crippen molar-refractivity contribution in [2.75, 3.05) is 0 Å². The second kappa shape index (κ2) is 8.11. The molecule has 0 heteroatoms. The van der Waals surface area contributed by atoms with Crippen molar-refractivity contribution in [2.24, 2.45) is 29.1 Å². The summed E-state index contributed by atoms with van der Waals surface area (Å²) in [6.07, 6.45) is 12.3.